The molecule has 0 spiro atoms. The third kappa shape index (κ3) is 5.46. The van der Waals surface area contributed by atoms with Crippen LogP contribution in [-0.4, -0.2) is 54.0 Å². The standard InChI is InChI=1S/C17H22N4O4S2/c1-2-27(23,24)20-14-8-6-13(7-9-14)16-18-19-17(25-16)26-12-15(22)21-10-4-3-5-11-21/h6-9,20H,2-5,10-12H2,1H3. The summed E-state index contributed by atoms with van der Waals surface area (Å²) in [5.74, 6) is 0.703. The van der Waals surface area contributed by atoms with Gasteiger partial charge in [0.05, 0.1) is 11.5 Å². The number of nitrogens with zero attached hydrogens (tertiary/aromatic N) is 3. The first kappa shape index (κ1) is 19.7. The Balaban J connectivity index is 1.57. The van der Waals surface area contributed by atoms with Gasteiger partial charge in [-0.3, -0.25) is 9.52 Å². The zero-order valence-electron chi connectivity index (χ0n) is 15.1. The zero-order valence-corrected chi connectivity index (χ0v) is 16.7. The lowest BCUT2D eigenvalue weighted by molar-refractivity contribution is -0.129. The number of anilines is 1. The fourth-order valence-electron chi connectivity index (χ4n) is 2.68. The van der Waals surface area contributed by atoms with E-state index in [1.165, 1.54) is 18.2 Å². The number of carbonyl (C=O) groups excluding carboxylic acids is 1. The monoisotopic (exact) mass is 410 g/mol. The van der Waals surface area contributed by atoms with Crippen LogP contribution in [0.1, 0.15) is 26.2 Å². The van der Waals surface area contributed by atoms with Crippen LogP contribution in [0.5, 0.6) is 0 Å². The molecule has 0 unspecified atom stereocenters. The number of benzene rings is 1. The fraction of sp³-hybridized carbons (Fsp3) is 0.471. The molecule has 1 aromatic heterocycles. The quantitative estimate of drug-likeness (QED) is 0.699. The number of hydrogen-bond acceptors (Lipinski definition) is 7. The third-order valence-electron chi connectivity index (χ3n) is 4.22. The van der Waals surface area contributed by atoms with E-state index in [4.69, 9.17) is 4.42 Å². The zero-order chi connectivity index (χ0) is 19.3. The lowest BCUT2D eigenvalue weighted by Gasteiger charge is -2.26. The number of thioether (sulfide) groups is 1. The van der Waals surface area contributed by atoms with Crippen LogP contribution in [0.4, 0.5) is 5.69 Å². The van der Waals surface area contributed by atoms with E-state index in [9.17, 15) is 13.2 Å². The average Bonchev–Trinajstić information content (AvgIpc) is 3.16. The Labute approximate surface area is 162 Å². The summed E-state index contributed by atoms with van der Waals surface area (Å²) in [5.41, 5.74) is 1.15. The van der Waals surface area contributed by atoms with Crippen LogP contribution in [0.3, 0.4) is 0 Å². The molecule has 3 rings (SSSR count). The molecule has 0 atom stereocenters. The molecule has 10 heteroatoms. The second-order valence-corrected chi connectivity index (χ2v) is 9.12. The molecule has 0 saturated carbocycles. The van der Waals surface area contributed by atoms with E-state index >= 15 is 0 Å². The van der Waals surface area contributed by atoms with E-state index < -0.39 is 10.0 Å². The Morgan fingerprint density at radius 1 is 1.19 bits per heavy atom. The predicted octanol–water partition coefficient (Wildman–Crippen LogP) is 2.60. The van der Waals surface area contributed by atoms with Gasteiger partial charge in [0.2, 0.25) is 21.8 Å². The highest BCUT2D eigenvalue weighted by Crippen LogP contribution is 2.25. The van der Waals surface area contributed by atoms with Gasteiger partial charge in [-0.1, -0.05) is 11.8 Å². The summed E-state index contributed by atoms with van der Waals surface area (Å²) in [6.45, 7) is 3.22. The van der Waals surface area contributed by atoms with Crippen molar-refractivity contribution in [1.29, 1.82) is 0 Å². The molecule has 1 aromatic carbocycles. The van der Waals surface area contributed by atoms with Crippen molar-refractivity contribution < 1.29 is 17.6 Å². The number of sulfonamides is 1. The minimum Gasteiger partial charge on any atom is -0.411 e. The Hall–Kier alpha value is -2.07. The number of carbonyl (C=O) groups is 1. The summed E-state index contributed by atoms with van der Waals surface area (Å²) in [6.07, 6.45) is 3.31. The van der Waals surface area contributed by atoms with E-state index in [0.29, 0.717) is 22.4 Å². The molecular formula is C17H22N4O4S2. The molecule has 1 aliphatic rings. The number of amides is 1. The van der Waals surface area contributed by atoms with Crippen LogP contribution in [0.25, 0.3) is 11.5 Å². The molecule has 1 saturated heterocycles. The first-order valence-electron chi connectivity index (χ1n) is 8.82. The summed E-state index contributed by atoms with van der Waals surface area (Å²) < 4.78 is 31.2. The van der Waals surface area contributed by atoms with Crippen molar-refractivity contribution in [3.05, 3.63) is 24.3 Å². The average molecular weight is 411 g/mol. The van der Waals surface area contributed by atoms with Gasteiger partial charge in [-0.2, -0.15) is 0 Å². The van der Waals surface area contributed by atoms with Crippen LogP contribution in [-0.2, 0) is 14.8 Å². The highest BCUT2D eigenvalue weighted by molar-refractivity contribution is 7.99. The molecule has 0 bridgehead atoms. The molecule has 8 nitrogen and oxygen atoms in total. The normalized spacial score (nSPS) is 14.9. The van der Waals surface area contributed by atoms with Crippen LogP contribution in [0, 0.1) is 0 Å². The predicted molar refractivity (Wildman–Crippen MR) is 104 cm³/mol. The number of aromatic nitrogens is 2. The molecular weight excluding hydrogens is 388 g/mol. The molecule has 0 aliphatic carbocycles. The number of nitrogens with one attached hydrogen (secondary N) is 1. The first-order valence-corrected chi connectivity index (χ1v) is 11.5. The van der Waals surface area contributed by atoms with Crippen molar-refractivity contribution in [1.82, 2.24) is 15.1 Å². The Bertz CT molecular complexity index is 875. The Morgan fingerprint density at radius 3 is 2.56 bits per heavy atom. The minimum atomic E-state index is -3.31. The van der Waals surface area contributed by atoms with E-state index in [0.717, 1.165) is 25.9 Å². The summed E-state index contributed by atoms with van der Waals surface area (Å²) >= 11 is 1.23. The van der Waals surface area contributed by atoms with E-state index in [1.54, 1.807) is 31.2 Å². The smallest absolute Gasteiger partial charge is 0.277 e. The summed E-state index contributed by atoms with van der Waals surface area (Å²) in [6, 6.07) is 6.68. The van der Waals surface area contributed by atoms with Crippen molar-refractivity contribution >= 4 is 33.4 Å². The van der Waals surface area contributed by atoms with E-state index in [1.807, 2.05) is 4.90 Å². The van der Waals surface area contributed by atoms with Crippen molar-refractivity contribution in [3.63, 3.8) is 0 Å². The number of likely N-dealkylation sites (tertiary alicyclic amines) is 1. The molecule has 27 heavy (non-hydrogen) atoms. The number of hydrogen-bond donors (Lipinski definition) is 1. The van der Waals surface area contributed by atoms with Crippen LogP contribution in [0.15, 0.2) is 33.9 Å². The van der Waals surface area contributed by atoms with Crippen molar-refractivity contribution in [3.8, 4) is 11.5 Å². The topological polar surface area (TPSA) is 105 Å². The second kappa shape index (κ2) is 8.75. The highest BCUT2D eigenvalue weighted by Gasteiger charge is 2.18. The van der Waals surface area contributed by atoms with Gasteiger partial charge in [-0.05, 0) is 50.5 Å². The lowest BCUT2D eigenvalue weighted by Crippen LogP contribution is -2.36. The molecule has 2 heterocycles. The highest BCUT2D eigenvalue weighted by atomic mass is 32.2. The third-order valence-corrected chi connectivity index (χ3v) is 6.33. The summed E-state index contributed by atoms with van der Waals surface area (Å²) in [5, 5.41) is 8.30. The molecule has 0 radical (unpaired) electrons. The van der Waals surface area contributed by atoms with Crippen molar-refractivity contribution in [2.75, 3.05) is 29.3 Å². The Morgan fingerprint density at radius 2 is 1.89 bits per heavy atom. The SMILES string of the molecule is CCS(=O)(=O)Nc1ccc(-c2nnc(SCC(=O)N3CCCCC3)o2)cc1. The van der Waals surface area contributed by atoms with Gasteiger partial charge in [0.25, 0.3) is 5.22 Å². The van der Waals surface area contributed by atoms with Crippen LogP contribution >= 0.6 is 11.8 Å². The maximum atomic E-state index is 12.2. The fourth-order valence-corrected chi connectivity index (χ4v) is 3.98. The molecule has 1 aliphatic heterocycles. The minimum absolute atomic E-state index is 0.00907. The van der Waals surface area contributed by atoms with Crippen molar-refractivity contribution in [2.45, 2.75) is 31.4 Å². The summed E-state index contributed by atoms with van der Waals surface area (Å²) in [4.78, 5) is 14.1. The number of piperidine rings is 1. The summed E-state index contributed by atoms with van der Waals surface area (Å²) in [7, 11) is -3.31. The van der Waals surface area contributed by atoms with Gasteiger partial charge in [0, 0.05) is 24.3 Å². The molecule has 146 valence electrons. The molecule has 1 N–H and O–H groups in total. The maximum Gasteiger partial charge on any atom is 0.277 e. The van der Waals surface area contributed by atoms with Gasteiger partial charge in [-0.15, -0.1) is 10.2 Å². The lowest BCUT2D eigenvalue weighted by atomic mass is 10.1. The van der Waals surface area contributed by atoms with Gasteiger partial charge in [0.15, 0.2) is 0 Å². The molecule has 1 amide bonds. The maximum absolute atomic E-state index is 12.2. The van der Waals surface area contributed by atoms with Crippen molar-refractivity contribution in [2.24, 2.45) is 0 Å². The van der Waals surface area contributed by atoms with Gasteiger partial charge in [-0.25, -0.2) is 8.42 Å². The van der Waals surface area contributed by atoms with Gasteiger partial charge >= 0.3 is 0 Å². The van der Waals surface area contributed by atoms with E-state index in [2.05, 4.69) is 14.9 Å². The number of rotatable bonds is 7. The van der Waals surface area contributed by atoms with Gasteiger partial charge < -0.3 is 9.32 Å². The van der Waals surface area contributed by atoms with Crippen LogP contribution in [0.2, 0.25) is 0 Å². The largest absolute Gasteiger partial charge is 0.411 e. The second-order valence-electron chi connectivity index (χ2n) is 6.19. The van der Waals surface area contributed by atoms with Crippen LogP contribution < -0.4 is 4.72 Å². The van der Waals surface area contributed by atoms with Gasteiger partial charge in [0.1, 0.15) is 0 Å². The first-order chi connectivity index (χ1) is 13.0. The molecule has 1 fully saturated rings. The van der Waals surface area contributed by atoms with E-state index in [-0.39, 0.29) is 17.4 Å². The Kier molecular flexibility index (Phi) is 6.38. The molecule has 2 aromatic rings.